The van der Waals surface area contributed by atoms with E-state index in [0.29, 0.717) is 17.8 Å². The number of benzene rings is 1. The highest BCUT2D eigenvalue weighted by atomic mass is 35.5. The van der Waals surface area contributed by atoms with Gasteiger partial charge in [-0.15, -0.1) is 0 Å². The number of amides is 1. The normalized spacial score (nSPS) is 10.3. The Morgan fingerprint density at radius 3 is 2.86 bits per heavy atom. The van der Waals surface area contributed by atoms with E-state index in [1.807, 2.05) is 13.8 Å². The minimum absolute atomic E-state index is 0.0375. The van der Waals surface area contributed by atoms with Crippen LogP contribution in [0.15, 0.2) is 30.5 Å². The molecule has 2 rings (SSSR count). The molecule has 0 spiro atoms. The first-order chi connectivity index (χ1) is 10.0. The third kappa shape index (κ3) is 3.49. The van der Waals surface area contributed by atoms with Gasteiger partial charge in [-0.25, -0.2) is 4.39 Å². The van der Waals surface area contributed by atoms with E-state index in [0.717, 1.165) is 5.69 Å². The maximum Gasteiger partial charge on any atom is 0.259 e. The first-order valence-corrected chi connectivity index (χ1v) is 6.86. The van der Waals surface area contributed by atoms with Crippen molar-refractivity contribution in [2.45, 2.75) is 13.8 Å². The predicted octanol–water partition coefficient (Wildman–Crippen LogP) is 3.87. The van der Waals surface area contributed by atoms with Crippen molar-refractivity contribution in [3.8, 4) is 0 Å². The summed E-state index contributed by atoms with van der Waals surface area (Å²) in [7, 11) is 0. The second-order valence-corrected chi connectivity index (χ2v) is 4.86. The van der Waals surface area contributed by atoms with Gasteiger partial charge in [-0.3, -0.25) is 9.78 Å². The summed E-state index contributed by atoms with van der Waals surface area (Å²) in [5.41, 5.74) is 1.83. The Kier molecular flexibility index (Phi) is 4.75. The molecule has 110 valence electrons. The first-order valence-electron chi connectivity index (χ1n) is 6.48. The number of nitrogens with zero attached hydrogens (tertiary/aromatic N) is 1. The highest BCUT2D eigenvalue weighted by Crippen LogP contribution is 2.23. The molecule has 0 unspecified atom stereocenters. The highest BCUT2D eigenvalue weighted by Gasteiger charge is 2.15. The van der Waals surface area contributed by atoms with Gasteiger partial charge in [0, 0.05) is 18.4 Å². The number of carbonyl (C=O) groups excluding carboxylic acids is 1. The van der Waals surface area contributed by atoms with E-state index in [1.54, 1.807) is 12.1 Å². The molecule has 0 radical (unpaired) electrons. The summed E-state index contributed by atoms with van der Waals surface area (Å²) in [6.07, 6.45) is 1.46. The van der Waals surface area contributed by atoms with Crippen molar-refractivity contribution in [3.05, 3.63) is 52.6 Å². The van der Waals surface area contributed by atoms with Crippen molar-refractivity contribution in [1.82, 2.24) is 4.98 Å². The van der Waals surface area contributed by atoms with Gasteiger partial charge >= 0.3 is 0 Å². The molecule has 2 N–H and O–H groups in total. The smallest absolute Gasteiger partial charge is 0.259 e. The van der Waals surface area contributed by atoms with Crippen molar-refractivity contribution < 1.29 is 9.18 Å². The zero-order chi connectivity index (χ0) is 15.4. The number of rotatable bonds is 4. The van der Waals surface area contributed by atoms with E-state index in [-0.39, 0.29) is 10.7 Å². The molecule has 6 heteroatoms. The van der Waals surface area contributed by atoms with E-state index in [2.05, 4.69) is 15.6 Å². The molecule has 1 aromatic carbocycles. The van der Waals surface area contributed by atoms with E-state index in [9.17, 15) is 9.18 Å². The molecule has 0 fully saturated rings. The first kappa shape index (κ1) is 15.3. The number of carbonyl (C=O) groups is 1. The van der Waals surface area contributed by atoms with Gasteiger partial charge in [0.05, 0.1) is 22.0 Å². The number of hydrogen-bond acceptors (Lipinski definition) is 3. The van der Waals surface area contributed by atoms with Crippen LogP contribution in [0.4, 0.5) is 15.8 Å². The zero-order valence-corrected chi connectivity index (χ0v) is 12.5. The van der Waals surface area contributed by atoms with Crippen LogP contribution < -0.4 is 10.6 Å². The van der Waals surface area contributed by atoms with Gasteiger partial charge < -0.3 is 10.6 Å². The SMILES string of the molecule is CCNc1cc(C)ncc1C(=O)Nc1cccc(Cl)c1F. The fraction of sp³-hybridized carbons (Fsp3) is 0.200. The average molecular weight is 308 g/mol. The monoisotopic (exact) mass is 307 g/mol. The van der Waals surface area contributed by atoms with E-state index in [1.165, 1.54) is 18.3 Å². The van der Waals surface area contributed by atoms with E-state index < -0.39 is 11.7 Å². The summed E-state index contributed by atoms with van der Waals surface area (Å²) in [5.74, 6) is -1.10. The predicted molar refractivity (Wildman–Crippen MR) is 82.5 cm³/mol. The summed E-state index contributed by atoms with van der Waals surface area (Å²) in [6, 6.07) is 6.21. The Balaban J connectivity index is 2.30. The molecule has 1 amide bonds. The average Bonchev–Trinajstić information content (AvgIpc) is 2.44. The van der Waals surface area contributed by atoms with Crippen LogP contribution in [0, 0.1) is 12.7 Å². The van der Waals surface area contributed by atoms with E-state index >= 15 is 0 Å². The Hall–Kier alpha value is -2.14. The molecule has 4 nitrogen and oxygen atoms in total. The quantitative estimate of drug-likeness (QED) is 0.901. The molecule has 0 aliphatic rings. The van der Waals surface area contributed by atoms with Gasteiger partial charge in [0.2, 0.25) is 0 Å². The number of pyridine rings is 1. The lowest BCUT2D eigenvalue weighted by molar-refractivity contribution is 0.102. The molecule has 0 saturated heterocycles. The van der Waals surface area contributed by atoms with Crippen LogP contribution in [0.3, 0.4) is 0 Å². The Morgan fingerprint density at radius 2 is 2.14 bits per heavy atom. The Morgan fingerprint density at radius 1 is 1.38 bits per heavy atom. The summed E-state index contributed by atoms with van der Waals surface area (Å²) in [4.78, 5) is 16.4. The van der Waals surface area contributed by atoms with Crippen molar-refractivity contribution in [2.75, 3.05) is 17.2 Å². The Bertz CT molecular complexity index is 676. The van der Waals surface area contributed by atoms with Crippen LogP contribution in [0.2, 0.25) is 5.02 Å². The molecule has 1 heterocycles. The fourth-order valence-electron chi connectivity index (χ4n) is 1.87. The van der Waals surface area contributed by atoms with Crippen LogP contribution in [-0.2, 0) is 0 Å². The van der Waals surface area contributed by atoms with E-state index in [4.69, 9.17) is 11.6 Å². The second-order valence-electron chi connectivity index (χ2n) is 4.46. The molecular weight excluding hydrogens is 293 g/mol. The van der Waals surface area contributed by atoms with Crippen molar-refractivity contribution in [3.63, 3.8) is 0 Å². The minimum Gasteiger partial charge on any atom is -0.385 e. The largest absolute Gasteiger partial charge is 0.385 e. The summed E-state index contributed by atoms with van der Waals surface area (Å²) < 4.78 is 13.8. The van der Waals surface area contributed by atoms with Crippen LogP contribution >= 0.6 is 11.6 Å². The van der Waals surface area contributed by atoms with Gasteiger partial charge in [0.1, 0.15) is 0 Å². The highest BCUT2D eigenvalue weighted by molar-refractivity contribution is 6.31. The molecule has 0 bridgehead atoms. The van der Waals surface area contributed by atoms with Crippen molar-refractivity contribution >= 4 is 28.9 Å². The van der Waals surface area contributed by atoms with Gasteiger partial charge in [-0.2, -0.15) is 0 Å². The maximum absolute atomic E-state index is 13.8. The molecule has 2 aromatic rings. The van der Waals surface area contributed by atoms with Crippen LogP contribution in [0.25, 0.3) is 0 Å². The Labute approximate surface area is 127 Å². The second kappa shape index (κ2) is 6.54. The van der Waals surface area contributed by atoms with Gasteiger partial charge in [-0.05, 0) is 32.0 Å². The van der Waals surface area contributed by atoms with Crippen molar-refractivity contribution in [2.24, 2.45) is 0 Å². The third-order valence-electron chi connectivity index (χ3n) is 2.85. The summed E-state index contributed by atoms with van der Waals surface area (Å²) in [5, 5.41) is 5.56. The topological polar surface area (TPSA) is 54.0 Å². The van der Waals surface area contributed by atoms with Crippen molar-refractivity contribution in [1.29, 1.82) is 0 Å². The number of halogens is 2. The molecular formula is C15H15ClFN3O. The maximum atomic E-state index is 13.8. The van der Waals surface area contributed by atoms with Gasteiger partial charge in [-0.1, -0.05) is 17.7 Å². The standard InChI is InChI=1S/C15H15ClFN3O/c1-3-18-13-7-9(2)19-8-10(13)15(21)20-12-6-4-5-11(16)14(12)17/h4-8H,3H2,1-2H3,(H,18,19)(H,20,21). The third-order valence-corrected chi connectivity index (χ3v) is 3.14. The van der Waals surface area contributed by atoms with Gasteiger partial charge in [0.15, 0.2) is 5.82 Å². The molecule has 0 aliphatic heterocycles. The molecule has 0 saturated carbocycles. The minimum atomic E-state index is -0.655. The fourth-order valence-corrected chi connectivity index (χ4v) is 2.04. The summed E-state index contributed by atoms with van der Waals surface area (Å²) in [6.45, 7) is 4.42. The summed E-state index contributed by atoms with van der Waals surface area (Å²) >= 11 is 5.69. The molecule has 21 heavy (non-hydrogen) atoms. The lowest BCUT2D eigenvalue weighted by Gasteiger charge is -2.12. The molecule has 0 aliphatic carbocycles. The number of hydrogen-bond donors (Lipinski definition) is 2. The lowest BCUT2D eigenvalue weighted by atomic mass is 10.2. The molecule has 0 atom stereocenters. The van der Waals surface area contributed by atoms with Crippen LogP contribution in [0.5, 0.6) is 0 Å². The molecule has 1 aromatic heterocycles. The number of anilines is 2. The number of aromatic nitrogens is 1. The lowest BCUT2D eigenvalue weighted by Crippen LogP contribution is -2.16. The van der Waals surface area contributed by atoms with Crippen LogP contribution in [-0.4, -0.2) is 17.4 Å². The van der Waals surface area contributed by atoms with Crippen LogP contribution in [0.1, 0.15) is 23.0 Å². The number of aryl methyl sites for hydroxylation is 1. The van der Waals surface area contributed by atoms with Gasteiger partial charge in [0.25, 0.3) is 5.91 Å². The number of nitrogens with one attached hydrogen (secondary N) is 2. The zero-order valence-electron chi connectivity index (χ0n) is 11.7.